The van der Waals surface area contributed by atoms with Crippen molar-refractivity contribution in [2.75, 3.05) is 52.9 Å². The van der Waals surface area contributed by atoms with E-state index in [1.54, 1.807) is 0 Å². The molecule has 8 nitrogen and oxygen atoms in total. The van der Waals surface area contributed by atoms with E-state index < -0.39 is 0 Å². The molecule has 14 rings (SSSR count). The van der Waals surface area contributed by atoms with Gasteiger partial charge in [-0.05, 0) is 184 Å². The zero-order chi connectivity index (χ0) is 47.5. The van der Waals surface area contributed by atoms with Gasteiger partial charge in [-0.3, -0.25) is 0 Å². The predicted molar refractivity (Wildman–Crippen MR) is 284 cm³/mol. The van der Waals surface area contributed by atoms with E-state index >= 15 is 0 Å². The summed E-state index contributed by atoms with van der Waals surface area (Å²) in [6.45, 7) is 5.34. The molecule has 0 radical (unpaired) electrons. The first-order chi connectivity index (χ1) is 35.6. The molecule has 0 N–H and O–H groups in total. The topological polar surface area (TPSA) is 87.0 Å². The van der Waals surface area contributed by atoms with Crippen molar-refractivity contribution in [1.29, 1.82) is 0 Å². The maximum Gasteiger partial charge on any atom is 0.119 e. The lowest BCUT2D eigenvalue weighted by Gasteiger charge is -2.18. The van der Waals surface area contributed by atoms with Gasteiger partial charge in [0.25, 0.3) is 0 Å². The van der Waals surface area contributed by atoms with Gasteiger partial charge in [0.15, 0.2) is 0 Å². The third-order valence-electron chi connectivity index (χ3n) is 14.3. The molecule has 0 bridgehead atoms. The SMILES string of the molecule is c1cc(-c2cc(-c3ccc(OCC4CO4)cc3)cc(-c3ccc4ccc5c(-c6cc(-c7ccc(OCC8CO8)cc7)cc(-c7ccc(OCC8CO8)cc7)c6)ccc6ccc3c4c65)c2)ccc1OCC1CO1. The monoisotopic (exact) mass is 946 g/mol. The average Bonchev–Trinajstić information content (AvgIpc) is 4.20. The van der Waals surface area contributed by atoms with Crippen LogP contribution in [0.15, 0.2) is 182 Å². The van der Waals surface area contributed by atoms with Crippen LogP contribution in [0.4, 0.5) is 0 Å². The molecule has 4 unspecified atom stereocenters. The lowest BCUT2D eigenvalue weighted by atomic mass is 9.85. The van der Waals surface area contributed by atoms with Crippen molar-refractivity contribution in [3.63, 3.8) is 0 Å². The van der Waals surface area contributed by atoms with Crippen molar-refractivity contribution < 1.29 is 37.9 Å². The van der Waals surface area contributed by atoms with E-state index in [9.17, 15) is 0 Å². The summed E-state index contributed by atoms with van der Waals surface area (Å²) in [6, 6.07) is 65.9. The highest BCUT2D eigenvalue weighted by atomic mass is 16.6. The van der Waals surface area contributed by atoms with Crippen LogP contribution < -0.4 is 18.9 Å². The zero-order valence-corrected chi connectivity index (χ0v) is 39.6. The molecule has 4 fully saturated rings. The summed E-state index contributed by atoms with van der Waals surface area (Å²) in [5, 5.41) is 7.36. The van der Waals surface area contributed by atoms with E-state index in [0.717, 1.165) is 105 Å². The minimum Gasteiger partial charge on any atom is -0.491 e. The van der Waals surface area contributed by atoms with Crippen LogP contribution in [0.1, 0.15) is 0 Å². The standard InChI is InChI=1S/C64H50O8/c1-13-51(65-31-55-35-69-55)14-2-39(1)45-25-46(40-3-15-52(16-4-40)66-32-56-36-70-56)28-49(27-45)59-21-9-43-12-24-62-60(22-10-44-11-23-61(59)63(43)64(44)62)50-29-47(41-5-17-53(18-6-41)67-33-57-37-71-57)26-48(30-50)42-7-19-54(20-8-42)68-34-58-38-72-58/h1-30,55-58H,31-38H2. The Balaban J connectivity index is 0.869. The van der Waals surface area contributed by atoms with Gasteiger partial charge in [-0.25, -0.2) is 0 Å². The maximum atomic E-state index is 6.03. The second-order valence-corrected chi connectivity index (χ2v) is 19.4. The number of hydrogen-bond donors (Lipinski definition) is 0. The van der Waals surface area contributed by atoms with E-state index in [2.05, 4.69) is 182 Å². The van der Waals surface area contributed by atoms with E-state index in [0.29, 0.717) is 26.4 Å². The number of ether oxygens (including phenoxy) is 8. The fourth-order valence-corrected chi connectivity index (χ4v) is 9.93. The van der Waals surface area contributed by atoms with Crippen LogP contribution in [-0.2, 0) is 18.9 Å². The van der Waals surface area contributed by atoms with Crippen LogP contribution in [0, 0.1) is 0 Å². The highest BCUT2D eigenvalue weighted by Crippen LogP contribution is 2.45. The summed E-state index contributed by atoms with van der Waals surface area (Å²) in [4.78, 5) is 0. The summed E-state index contributed by atoms with van der Waals surface area (Å²) < 4.78 is 45.6. The molecule has 0 spiro atoms. The summed E-state index contributed by atoms with van der Waals surface area (Å²) in [5.74, 6) is 3.35. The third-order valence-corrected chi connectivity index (χ3v) is 14.3. The Morgan fingerprint density at radius 1 is 0.278 bits per heavy atom. The van der Waals surface area contributed by atoms with Crippen LogP contribution in [0.25, 0.3) is 99.1 Å². The smallest absolute Gasteiger partial charge is 0.119 e. The van der Waals surface area contributed by atoms with Crippen LogP contribution >= 0.6 is 0 Å². The Bertz CT molecular complexity index is 3200. The van der Waals surface area contributed by atoms with Gasteiger partial charge in [-0.15, -0.1) is 0 Å². The van der Waals surface area contributed by atoms with Gasteiger partial charge in [0.2, 0.25) is 0 Å². The molecule has 10 aromatic carbocycles. The Labute approximate surface area is 417 Å². The second-order valence-electron chi connectivity index (χ2n) is 19.4. The minimum atomic E-state index is 0.198. The van der Waals surface area contributed by atoms with Gasteiger partial charge in [-0.2, -0.15) is 0 Å². The van der Waals surface area contributed by atoms with Crippen molar-refractivity contribution in [3.05, 3.63) is 182 Å². The molecular formula is C64H50O8. The van der Waals surface area contributed by atoms with Crippen LogP contribution in [0.2, 0.25) is 0 Å². The first-order valence-electron chi connectivity index (χ1n) is 25.0. The van der Waals surface area contributed by atoms with Crippen molar-refractivity contribution in [1.82, 2.24) is 0 Å². The van der Waals surface area contributed by atoms with Crippen molar-refractivity contribution >= 4 is 32.3 Å². The Morgan fingerprint density at radius 2 is 0.528 bits per heavy atom. The van der Waals surface area contributed by atoms with Gasteiger partial charge in [0.05, 0.1) is 26.4 Å². The molecule has 72 heavy (non-hydrogen) atoms. The summed E-state index contributed by atoms with van der Waals surface area (Å²) in [5.41, 5.74) is 13.6. The quantitative estimate of drug-likeness (QED) is 0.0621. The molecule has 4 aliphatic heterocycles. The molecular weight excluding hydrogens is 897 g/mol. The lowest BCUT2D eigenvalue weighted by Crippen LogP contribution is -2.03. The van der Waals surface area contributed by atoms with E-state index in [-0.39, 0.29) is 24.4 Å². The first kappa shape index (κ1) is 43.1. The van der Waals surface area contributed by atoms with Crippen LogP contribution in [-0.4, -0.2) is 77.3 Å². The molecule has 4 saturated heterocycles. The van der Waals surface area contributed by atoms with Crippen molar-refractivity contribution in [2.45, 2.75) is 24.4 Å². The zero-order valence-electron chi connectivity index (χ0n) is 39.6. The predicted octanol–water partition coefficient (Wildman–Crippen LogP) is 13.7. The molecule has 8 heteroatoms. The lowest BCUT2D eigenvalue weighted by molar-refractivity contribution is 0.263. The minimum absolute atomic E-state index is 0.198. The average molecular weight is 947 g/mol. The van der Waals surface area contributed by atoms with Gasteiger partial charge in [-0.1, -0.05) is 97.1 Å². The molecule has 4 heterocycles. The Kier molecular flexibility index (Phi) is 10.9. The van der Waals surface area contributed by atoms with E-state index in [1.165, 1.54) is 43.4 Å². The number of benzene rings is 10. The molecule has 10 aromatic rings. The van der Waals surface area contributed by atoms with Crippen LogP contribution in [0.5, 0.6) is 23.0 Å². The fraction of sp³-hybridized carbons (Fsp3) is 0.188. The number of hydrogen-bond acceptors (Lipinski definition) is 8. The highest BCUT2D eigenvalue weighted by molar-refractivity contribution is 6.27. The highest BCUT2D eigenvalue weighted by Gasteiger charge is 2.26. The molecule has 4 atom stereocenters. The molecule has 4 aliphatic rings. The molecule has 0 aliphatic carbocycles. The van der Waals surface area contributed by atoms with Gasteiger partial charge >= 0.3 is 0 Å². The maximum absolute atomic E-state index is 6.03. The Hall–Kier alpha value is -7.72. The number of epoxide rings is 4. The second kappa shape index (κ2) is 18.2. The van der Waals surface area contributed by atoms with Crippen LogP contribution in [0.3, 0.4) is 0 Å². The van der Waals surface area contributed by atoms with Crippen molar-refractivity contribution in [2.24, 2.45) is 0 Å². The third kappa shape index (κ3) is 9.10. The van der Waals surface area contributed by atoms with E-state index in [4.69, 9.17) is 37.9 Å². The first-order valence-corrected chi connectivity index (χ1v) is 25.0. The molecule has 0 aromatic heterocycles. The fourth-order valence-electron chi connectivity index (χ4n) is 9.93. The normalized spacial score (nSPS) is 18.6. The summed E-state index contributed by atoms with van der Waals surface area (Å²) >= 11 is 0. The number of rotatable bonds is 18. The summed E-state index contributed by atoms with van der Waals surface area (Å²) in [7, 11) is 0. The molecule has 0 amide bonds. The van der Waals surface area contributed by atoms with E-state index in [1.807, 2.05) is 0 Å². The van der Waals surface area contributed by atoms with Gasteiger partial charge < -0.3 is 37.9 Å². The van der Waals surface area contributed by atoms with Crippen molar-refractivity contribution in [3.8, 4) is 89.8 Å². The van der Waals surface area contributed by atoms with Gasteiger partial charge in [0.1, 0.15) is 73.8 Å². The largest absolute Gasteiger partial charge is 0.491 e. The molecule has 354 valence electrons. The van der Waals surface area contributed by atoms with Gasteiger partial charge in [0, 0.05) is 0 Å². The molecule has 0 saturated carbocycles. The summed E-state index contributed by atoms with van der Waals surface area (Å²) in [6.07, 6.45) is 0.791. The Morgan fingerprint density at radius 3 is 0.792 bits per heavy atom.